The van der Waals surface area contributed by atoms with Crippen LogP contribution in [-0.4, -0.2) is 10.2 Å². The van der Waals surface area contributed by atoms with Crippen molar-refractivity contribution in [2.24, 2.45) is 0 Å². The fraction of sp³-hybridized carbons (Fsp3) is 0.273. The van der Waals surface area contributed by atoms with Gasteiger partial charge < -0.3 is 10.2 Å². The molecule has 2 rings (SSSR count). The Labute approximate surface area is 144 Å². The first-order valence-electron chi connectivity index (χ1n) is 8.25. The molecular weight excluding hydrogens is 296 g/mol. The van der Waals surface area contributed by atoms with E-state index in [1.807, 2.05) is 38.1 Å². The lowest BCUT2D eigenvalue weighted by atomic mass is 9.87. The topological polar surface area (TPSA) is 40.5 Å². The van der Waals surface area contributed by atoms with Crippen LogP contribution in [0.15, 0.2) is 49.6 Å². The fourth-order valence-electron chi connectivity index (χ4n) is 3.08. The van der Waals surface area contributed by atoms with Crippen LogP contribution in [0.1, 0.15) is 46.2 Å². The SMILES string of the molecule is C=CCc1cc(C(C)c2cc(C)c(O)c(CC=C)c2)cc(C)c1O. The van der Waals surface area contributed by atoms with E-state index in [2.05, 4.69) is 20.1 Å². The van der Waals surface area contributed by atoms with Gasteiger partial charge in [-0.3, -0.25) is 0 Å². The first-order valence-corrected chi connectivity index (χ1v) is 8.25. The number of hydrogen-bond donors (Lipinski definition) is 2. The van der Waals surface area contributed by atoms with Gasteiger partial charge in [-0.15, -0.1) is 13.2 Å². The first kappa shape index (κ1) is 17.9. The number of aryl methyl sites for hydroxylation is 2. The van der Waals surface area contributed by atoms with E-state index in [0.717, 1.165) is 33.4 Å². The minimum Gasteiger partial charge on any atom is -0.507 e. The highest BCUT2D eigenvalue weighted by Crippen LogP contribution is 2.34. The average molecular weight is 322 g/mol. The Hall–Kier alpha value is -2.48. The molecule has 0 aliphatic rings. The van der Waals surface area contributed by atoms with E-state index in [9.17, 15) is 10.2 Å². The molecule has 24 heavy (non-hydrogen) atoms. The highest BCUT2D eigenvalue weighted by atomic mass is 16.3. The van der Waals surface area contributed by atoms with Crippen LogP contribution in [0, 0.1) is 13.8 Å². The molecule has 2 aromatic carbocycles. The molecule has 0 radical (unpaired) electrons. The summed E-state index contributed by atoms with van der Waals surface area (Å²) in [5.74, 6) is 0.857. The number of benzene rings is 2. The van der Waals surface area contributed by atoms with Gasteiger partial charge in [-0.05, 0) is 60.1 Å². The van der Waals surface area contributed by atoms with Crippen molar-refractivity contribution in [1.82, 2.24) is 0 Å². The molecule has 2 aromatic rings. The van der Waals surface area contributed by atoms with Gasteiger partial charge in [0.1, 0.15) is 11.5 Å². The van der Waals surface area contributed by atoms with Gasteiger partial charge in [0.05, 0.1) is 0 Å². The number of phenolic OH excluding ortho intramolecular Hbond substituents is 2. The summed E-state index contributed by atoms with van der Waals surface area (Å²) >= 11 is 0. The van der Waals surface area contributed by atoms with Crippen molar-refractivity contribution in [2.45, 2.75) is 39.5 Å². The number of hydrogen-bond acceptors (Lipinski definition) is 2. The Morgan fingerprint density at radius 3 is 1.54 bits per heavy atom. The van der Waals surface area contributed by atoms with Crippen LogP contribution >= 0.6 is 0 Å². The third-order valence-corrected chi connectivity index (χ3v) is 4.53. The molecule has 2 heteroatoms. The number of rotatable bonds is 6. The van der Waals surface area contributed by atoms with Crippen molar-refractivity contribution in [1.29, 1.82) is 0 Å². The summed E-state index contributed by atoms with van der Waals surface area (Å²) in [6.45, 7) is 13.5. The molecule has 0 saturated heterocycles. The quantitative estimate of drug-likeness (QED) is 0.706. The molecule has 0 heterocycles. The molecule has 0 saturated carbocycles. The second-order valence-electron chi connectivity index (χ2n) is 6.40. The highest BCUT2D eigenvalue weighted by molar-refractivity contribution is 5.50. The molecule has 0 aliphatic carbocycles. The largest absolute Gasteiger partial charge is 0.507 e. The van der Waals surface area contributed by atoms with E-state index < -0.39 is 0 Å². The monoisotopic (exact) mass is 322 g/mol. The zero-order chi connectivity index (χ0) is 17.9. The van der Waals surface area contributed by atoms with Crippen LogP contribution in [0.4, 0.5) is 0 Å². The first-order chi connectivity index (χ1) is 11.4. The second-order valence-corrected chi connectivity index (χ2v) is 6.40. The molecule has 0 spiro atoms. The number of phenols is 2. The fourth-order valence-corrected chi connectivity index (χ4v) is 3.08. The maximum Gasteiger partial charge on any atom is 0.122 e. The van der Waals surface area contributed by atoms with Crippen molar-refractivity contribution < 1.29 is 10.2 Å². The maximum atomic E-state index is 10.2. The lowest BCUT2D eigenvalue weighted by molar-refractivity contribution is 0.465. The Morgan fingerprint density at radius 2 is 1.21 bits per heavy atom. The van der Waals surface area contributed by atoms with Crippen LogP contribution in [0.25, 0.3) is 0 Å². The maximum absolute atomic E-state index is 10.2. The minimum atomic E-state index is 0.163. The lowest BCUT2D eigenvalue weighted by Crippen LogP contribution is -2.01. The molecule has 0 unspecified atom stereocenters. The molecule has 0 aromatic heterocycles. The Kier molecular flexibility index (Phi) is 5.50. The molecule has 2 N–H and O–H groups in total. The molecule has 0 amide bonds. The van der Waals surface area contributed by atoms with Gasteiger partial charge in [0.25, 0.3) is 0 Å². The summed E-state index contributed by atoms with van der Waals surface area (Å²) in [7, 11) is 0. The van der Waals surface area contributed by atoms with Crippen LogP contribution < -0.4 is 0 Å². The Balaban J connectivity index is 2.50. The molecule has 0 aliphatic heterocycles. The van der Waals surface area contributed by atoms with E-state index in [4.69, 9.17) is 0 Å². The highest BCUT2D eigenvalue weighted by Gasteiger charge is 2.15. The summed E-state index contributed by atoms with van der Waals surface area (Å²) in [6.07, 6.45) is 4.89. The van der Waals surface area contributed by atoms with Gasteiger partial charge >= 0.3 is 0 Å². The predicted molar refractivity (Wildman–Crippen MR) is 101 cm³/mol. The molecule has 0 bridgehead atoms. The van der Waals surface area contributed by atoms with Crippen molar-refractivity contribution in [3.05, 3.63) is 83.0 Å². The number of aromatic hydroxyl groups is 2. The summed E-state index contributed by atoms with van der Waals surface area (Å²) < 4.78 is 0. The summed E-state index contributed by atoms with van der Waals surface area (Å²) in [4.78, 5) is 0. The van der Waals surface area contributed by atoms with Crippen LogP contribution in [0.3, 0.4) is 0 Å². The van der Waals surface area contributed by atoms with E-state index in [-0.39, 0.29) is 5.92 Å². The van der Waals surface area contributed by atoms with Gasteiger partial charge in [0.2, 0.25) is 0 Å². The van der Waals surface area contributed by atoms with Crippen molar-refractivity contribution in [3.8, 4) is 11.5 Å². The normalized spacial score (nSPS) is 10.8. The molecule has 0 fully saturated rings. The third kappa shape index (κ3) is 3.53. The van der Waals surface area contributed by atoms with Gasteiger partial charge in [-0.25, -0.2) is 0 Å². The Morgan fingerprint density at radius 1 is 0.833 bits per heavy atom. The van der Waals surface area contributed by atoms with E-state index >= 15 is 0 Å². The standard InChI is InChI=1S/C22H26O2/c1-6-8-17-12-19(10-14(3)21(17)23)16(5)20-11-15(4)22(24)18(13-20)9-7-2/h6-7,10-13,16,23-24H,1-2,8-9H2,3-5H3. The molecule has 126 valence electrons. The van der Waals surface area contributed by atoms with Gasteiger partial charge in [0.15, 0.2) is 0 Å². The number of allylic oxidation sites excluding steroid dienone is 2. The van der Waals surface area contributed by atoms with Crippen molar-refractivity contribution >= 4 is 0 Å². The third-order valence-electron chi connectivity index (χ3n) is 4.53. The molecular formula is C22H26O2. The van der Waals surface area contributed by atoms with Crippen molar-refractivity contribution in [3.63, 3.8) is 0 Å². The van der Waals surface area contributed by atoms with Crippen molar-refractivity contribution in [2.75, 3.05) is 0 Å². The summed E-state index contributed by atoms with van der Waals surface area (Å²) in [6, 6.07) is 8.15. The molecule has 0 atom stereocenters. The van der Waals surface area contributed by atoms with Crippen LogP contribution in [0.2, 0.25) is 0 Å². The lowest BCUT2D eigenvalue weighted by Gasteiger charge is -2.18. The zero-order valence-corrected chi connectivity index (χ0v) is 14.8. The smallest absolute Gasteiger partial charge is 0.122 e. The van der Waals surface area contributed by atoms with E-state index in [1.54, 1.807) is 12.2 Å². The average Bonchev–Trinajstić information content (AvgIpc) is 2.55. The van der Waals surface area contributed by atoms with Gasteiger partial charge in [-0.2, -0.15) is 0 Å². The van der Waals surface area contributed by atoms with Gasteiger partial charge in [-0.1, -0.05) is 43.3 Å². The summed E-state index contributed by atoms with van der Waals surface area (Å²) in [5.41, 5.74) is 5.84. The van der Waals surface area contributed by atoms with Crippen LogP contribution in [0.5, 0.6) is 11.5 Å². The zero-order valence-electron chi connectivity index (χ0n) is 14.8. The Bertz CT molecular complexity index is 707. The van der Waals surface area contributed by atoms with E-state index in [0.29, 0.717) is 24.3 Å². The van der Waals surface area contributed by atoms with Crippen LogP contribution in [-0.2, 0) is 12.8 Å². The molecule has 2 nitrogen and oxygen atoms in total. The minimum absolute atomic E-state index is 0.163. The van der Waals surface area contributed by atoms with E-state index in [1.165, 1.54) is 0 Å². The van der Waals surface area contributed by atoms with Gasteiger partial charge in [0, 0.05) is 5.92 Å². The predicted octanol–water partition coefficient (Wildman–Crippen LogP) is 5.32. The summed E-state index contributed by atoms with van der Waals surface area (Å²) in [5, 5.41) is 20.4. The second kappa shape index (κ2) is 7.39.